The third kappa shape index (κ3) is 3.92. The Balaban J connectivity index is 2.18. The minimum absolute atomic E-state index is 0.642. The van der Waals surface area contributed by atoms with Crippen LogP contribution in [0.4, 0.5) is 0 Å². The lowest BCUT2D eigenvalue weighted by Crippen LogP contribution is -1.94. The van der Waals surface area contributed by atoms with Gasteiger partial charge < -0.3 is 14.2 Å². The highest BCUT2D eigenvalue weighted by atomic mass is 16.5. The van der Waals surface area contributed by atoms with Crippen molar-refractivity contribution in [2.24, 2.45) is 0 Å². The van der Waals surface area contributed by atoms with Gasteiger partial charge in [-0.2, -0.15) is 0 Å². The summed E-state index contributed by atoms with van der Waals surface area (Å²) in [7, 11) is 3.23. The summed E-state index contributed by atoms with van der Waals surface area (Å²) in [5.41, 5.74) is 2.16. The Hall–Kier alpha value is -2.68. The number of rotatable bonds is 7. The molecule has 0 aromatic heterocycles. The highest BCUT2D eigenvalue weighted by Crippen LogP contribution is 2.27. The first-order chi connectivity index (χ1) is 10.8. The Morgan fingerprint density at radius 1 is 1.00 bits per heavy atom. The summed E-state index contributed by atoms with van der Waals surface area (Å²) >= 11 is 0. The van der Waals surface area contributed by atoms with Gasteiger partial charge in [0.05, 0.1) is 14.2 Å². The van der Waals surface area contributed by atoms with Gasteiger partial charge in [0.2, 0.25) is 0 Å². The van der Waals surface area contributed by atoms with Crippen LogP contribution in [0.25, 0.3) is 5.76 Å². The van der Waals surface area contributed by atoms with Crippen molar-refractivity contribution in [2.45, 2.75) is 6.42 Å². The molecule has 2 rings (SSSR count). The standard InChI is InChI=1S/C19H20O3/c1-4-7-15-10-12-16(13-11-15)19(21-3)14-22-18-9-6-5-8-17(18)20-2/h4-6,8-14H,1,7H2,2-3H3/b19-14-. The molecule has 22 heavy (non-hydrogen) atoms. The van der Waals surface area contributed by atoms with Crippen LogP contribution in [0.3, 0.4) is 0 Å². The van der Waals surface area contributed by atoms with E-state index in [2.05, 4.69) is 6.58 Å². The van der Waals surface area contributed by atoms with Gasteiger partial charge in [-0.1, -0.05) is 42.5 Å². The molecule has 0 aliphatic carbocycles. The molecule has 0 saturated carbocycles. The van der Waals surface area contributed by atoms with Gasteiger partial charge >= 0.3 is 0 Å². The molecule has 0 radical (unpaired) electrons. The van der Waals surface area contributed by atoms with Crippen LogP contribution in [0.1, 0.15) is 11.1 Å². The lowest BCUT2D eigenvalue weighted by Gasteiger charge is -2.10. The smallest absolute Gasteiger partial charge is 0.168 e. The summed E-state index contributed by atoms with van der Waals surface area (Å²) in [6.07, 6.45) is 4.32. The van der Waals surface area contributed by atoms with E-state index >= 15 is 0 Å². The molecule has 0 fully saturated rings. The molecule has 0 spiro atoms. The van der Waals surface area contributed by atoms with Gasteiger partial charge in [-0.3, -0.25) is 0 Å². The molecule has 0 bridgehead atoms. The maximum Gasteiger partial charge on any atom is 0.168 e. The summed E-state index contributed by atoms with van der Waals surface area (Å²) < 4.78 is 16.3. The number of allylic oxidation sites excluding steroid dienone is 1. The first kappa shape index (κ1) is 15.7. The van der Waals surface area contributed by atoms with Crippen molar-refractivity contribution in [2.75, 3.05) is 14.2 Å². The summed E-state index contributed by atoms with van der Waals surface area (Å²) in [5.74, 6) is 1.97. The zero-order valence-electron chi connectivity index (χ0n) is 12.9. The lowest BCUT2D eigenvalue weighted by molar-refractivity contribution is 0.343. The monoisotopic (exact) mass is 296 g/mol. The molecular formula is C19H20O3. The molecular weight excluding hydrogens is 276 g/mol. The third-order valence-electron chi connectivity index (χ3n) is 3.20. The van der Waals surface area contributed by atoms with E-state index in [1.54, 1.807) is 20.5 Å². The van der Waals surface area contributed by atoms with Crippen molar-refractivity contribution in [3.05, 3.63) is 78.6 Å². The van der Waals surface area contributed by atoms with Crippen molar-refractivity contribution in [1.82, 2.24) is 0 Å². The SMILES string of the molecule is C=CCc1ccc(/C(=C/Oc2ccccc2OC)OC)cc1. The van der Waals surface area contributed by atoms with Crippen LogP contribution in [0.2, 0.25) is 0 Å². The second-order valence-corrected chi connectivity index (χ2v) is 4.64. The Morgan fingerprint density at radius 2 is 1.68 bits per heavy atom. The minimum atomic E-state index is 0.642. The summed E-state index contributed by atoms with van der Waals surface area (Å²) in [4.78, 5) is 0. The fraction of sp³-hybridized carbons (Fsp3) is 0.158. The fourth-order valence-corrected chi connectivity index (χ4v) is 2.04. The van der Waals surface area contributed by atoms with Crippen molar-refractivity contribution in [1.29, 1.82) is 0 Å². The fourth-order valence-electron chi connectivity index (χ4n) is 2.04. The maximum atomic E-state index is 5.69. The van der Waals surface area contributed by atoms with E-state index in [0.29, 0.717) is 17.3 Å². The van der Waals surface area contributed by atoms with E-state index in [4.69, 9.17) is 14.2 Å². The van der Waals surface area contributed by atoms with Crippen LogP contribution in [0, 0.1) is 0 Å². The second kappa shape index (κ2) is 7.93. The van der Waals surface area contributed by atoms with E-state index < -0.39 is 0 Å². The molecule has 0 amide bonds. The zero-order valence-corrected chi connectivity index (χ0v) is 12.9. The second-order valence-electron chi connectivity index (χ2n) is 4.64. The van der Waals surface area contributed by atoms with Gasteiger partial charge in [0.25, 0.3) is 0 Å². The van der Waals surface area contributed by atoms with Gasteiger partial charge in [0, 0.05) is 5.56 Å². The Kier molecular flexibility index (Phi) is 5.66. The number of methoxy groups -OCH3 is 2. The van der Waals surface area contributed by atoms with E-state index in [-0.39, 0.29) is 0 Å². The molecule has 0 saturated heterocycles. The lowest BCUT2D eigenvalue weighted by atomic mass is 10.1. The highest BCUT2D eigenvalue weighted by Gasteiger charge is 2.05. The molecule has 0 atom stereocenters. The van der Waals surface area contributed by atoms with E-state index in [1.165, 1.54) is 5.56 Å². The van der Waals surface area contributed by atoms with Crippen LogP contribution in [-0.4, -0.2) is 14.2 Å². The van der Waals surface area contributed by atoms with Crippen LogP contribution < -0.4 is 9.47 Å². The van der Waals surface area contributed by atoms with Gasteiger partial charge in [-0.25, -0.2) is 0 Å². The Morgan fingerprint density at radius 3 is 2.27 bits per heavy atom. The summed E-state index contributed by atoms with van der Waals surface area (Å²) in [5, 5.41) is 0. The maximum absolute atomic E-state index is 5.69. The minimum Gasteiger partial charge on any atom is -0.493 e. The Bertz CT molecular complexity index is 642. The zero-order chi connectivity index (χ0) is 15.8. The quantitative estimate of drug-likeness (QED) is 0.558. The first-order valence-corrected chi connectivity index (χ1v) is 7.02. The van der Waals surface area contributed by atoms with Gasteiger partial charge in [-0.05, 0) is 24.1 Å². The molecule has 0 aliphatic heterocycles. The average molecular weight is 296 g/mol. The summed E-state index contributed by atoms with van der Waals surface area (Å²) in [6.45, 7) is 3.74. The van der Waals surface area contributed by atoms with Gasteiger partial charge in [0.15, 0.2) is 17.3 Å². The van der Waals surface area contributed by atoms with Crippen molar-refractivity contribution >= 4 is 5.76 Å². The topological polar surface area (TPSA) is 27.7 Å². The number of para-hydroxylation sites is 2. The Labute approximate surface area is 131 Å². The number of hydrogen-bond donors (Lipinski definition) is 0. The van der Waals surface area contributed by atoms with Crippen molar-refractivity contribution < 1.29 is 14.2 Å². The molecule has 0 N–H and O–H groups in total. The summed E-state index contributed by atoms with van der Waals surface area (Å²) in [6, 6.07) is 15.6. The van der Waals surface area contributed by atoms with Gasteiger partial charge in [0.1, 0.15) is 6.26 Å². The predicted octanol–water partition coefficient (Wildman–Crippen LogP) is 4.45. The van der Waals surface area contributed by atoms with Crippen molar-refractivity contribution in [3.8, 4) is 11.5 Å². The molecule has 0 aliphatic rings. The predicted molar refractivity (Wildman–Crippen MR) is 89.0 cm³/mol. The largest absolute Gasteiger partial charge is 0.493 e. The van der Waals surface area contributed by atoms with E-state index in [0.717, 1.165) is 12.0 Å². The number of ether oxygens (including phenoxy) is 3. The van der Waals surface area contributed by atoms with E-state index in [1.807, 2.05) is 54.6 Å². The number of benzene rings is 2. The molecule has 0 unspecified atom stereocenters. The molecule has 114 valence electrons. The molecule has 2 aromatic carbocycles. The third-order valence-corrected chi connectivity index (χ3v) is 3.20. The molecule has 2 aromatic rings. The van der Waals surface area contributed by atoms with Crippen molar-refractivity contribution in [3.63, 3.8) is 0 Å². The molecule has 3 nitrogen and oxygen atoms in total. The van der Waals surface area contributed by atoms with E-state index in [9.17, 15) is 0 Å². The van der Waals surface area contributed by atoms with Crippen LogP contribution in [-0.2, 0) is 11.2 Å². The van der Waals surface area contributed by atoms with Crippen LogP contribution in [0.5, 0.6) is 11.5 Å². The first-order valence-electron chi connectivity index (χ1n) is 7.02. The van der Waals surface area contributed by atoms with Crippen LogP contribution >= 0.6 is 0 Å². The highest BCUT2D eigenvalue weighted by molar-refractivity contribution is 5.59. The average Bonchev–Trinajstić information content (AvgIpc) is 2.57. The molecule has 0 heterocycles. The normalized spacial score (nSPS) is 10.9. The van der Waals surface area contributed by atoms with Gasteiger partial charge in [-0.15, -0.1) is 6.58 Å². The molecule has 3 heteroatoms. The van der Waals surface area contributed by atoms with Crippen LogP contribution in [0.15, 0.2) is 67.4 Å². The number of hydrogen-bond acceptors (Lipinski definition) is 3.